The Kier molecular flexibility index (Phi) is 10.6. The van der Waals surface area contributed by atoms with Crippen molar-refractivity contribution in [1.82, 2.24) is 29.3 Å². The number of rotatable bonds is 8. The van der Waals surface area contributed by atoms with E-state index in [9.17, 15) is 18.8 Å². The van der Waals surface area contributed by atoms with Crippen molar-refractivity contribution in [3.63, 3.8) is 0 Å². The molecular weight excluding hydrogens is 758 g/mol. The molecule has 60 heavy (non-hydrogen) atoms. The van der Waals surface area contributed by atoms with E-state index >= 15 is 0 Å². The number of piperidine rings is 3. The number of nitrogens with zero attached hydrogens (tertiary/aromatic N) is 5. The fourth-order valence-corrected chi connectivity index (χ4v) is 11.0. The molecule has 316 valence electrons. The van der Waals surface area contributed by atoms with Crippen molar-refractivity contribution >= 4 is 45.1 Å². The van der Waals surface area contributed by atoms with Crippen LogP contribution in [-0.4, -0.2) is 79.7 Å². The maximum absolute atomic E-state index is 14.8. The van der Waals surface area contributed by atoms with Crippen LogP contribution in [0.1, 0.15) is 108 Å². The van der Waals surface area contributed by atoms with Crippen LogP contribution in [0.15, 0.2) is 71.8 Å². The van der Waals surface area contributed by atoms with Crippen LogP contribution in [0.3, 0.4) is 0 Å². The molecule has 5 aromatic rings. The average Bonchev–Trinajstić information content (AvgIpc) is 3.71. The summed E-state index contributed by atoms with van der Waals surface area (Å²) in [5, 5.41) is 3.00. The molecule has 2 aromatic carbocycles. The Morgan fingerprint density at radius 2 is 1.65 bits per heavy atom. The Hall–Kier alpha value is -5.07. The van der Waals surface area contributed by atoms with E-state index in [-0.39, 0.29) is 35.0 Å². The largest absolute Gasteiger partial charge is 0.370 e. The van der Waals surface area contributed by atoms with E-state index in [0.29, 0.717) is 29.6 Å². The van der Waals surface area contributed by atoms with Gasteiger partial charge in [-0.15, -0.1) is 0 Å². The number of halogens is 1. The predicted octanol–water partition coefficient (Wildman–Crippen LogP) is 7.84. The van der Waals surface area contributed by atoms with Crippen molar-refractivity contribution in [3.8, 4) is 0 Å². The van der Waals surface area contributed by atoms with Crippen molar-refractivity contribution in [3.05, 3.63) is 100.0 Å². The third kappa shape index (κ3) is 7.96. The molecule has 4 fully saturated rings. The Balaban J connectivity index is 0.839. The number of hydrogen-bond donors (Lipinski definition) is 2. The maximum atomic E-state index is 14.8. The molecule has 4 aliphatic heterocycles. The van der Waals surface area contributed by atoms with Gasteiger partial charge in [0.1, 0.15) is 17.7 Å². The Morgan fingerprint density at radius 3 is 2.35 bits per heavy atom. The number of aromatic amines is 1. The van der Waals surface area contributed by atoms with Gasteiger partial charge in [0.15, 0.2) is 0 Å². The Labute approximate surface area is 351 Å². The predicted molar refractivity (Wildman–Crippen MR) is 233 cm³/mol. The number of aryl methyl sites for hydroxylation is 1. The quantitative estimate of drug-likeness (QED) is 0.153. The van der Waals surface area contributed by atoms with Gasteiger partial charge < -0.3 is 19.5 Å². The molecule has 7 heterocycles. The molecule has 4 saturated heterocycles. The number of nitrogens with one attached hydrogen (secondary N) is 2. The number of para-hydroxylation sites is 1. The number of imide groups is 1. The number of aromatic nitrogens is 4. The highest BCUT2D eigenvalue weighted by molar-refractivity contribution is 6.00. The van der Waals surface area contributed by atoms with Gasteiger partial charge in [-0.1, -0.05) is 24.3 Å². The summed E-state index contributed by atoms with van der Waals surface area (Å²) >= 11 is 0. The number of ether oxygens (including phenoxy) is 1. The van der Waals surface area contributed by atoms with Gasteiger partial charge >= 0.3 is 5.69 Å². The Bertz CT molecular complexity index is 2500. The van der Waals surface area contributed by atoms with E-state index in [1.54, 1.807) is 16.2 Å². The second kappa shape index (κ2) is 15.8. The molecule has 9 rings (SSSR count). The third-order valence-corrected chi connectivity index (χ3v) is 13.6. The highest BCUT2D eigenvalue weighted by atomic mass is 19.1. The lowest BCUT2D eigenvalue weighted by molar-refractivity contribution is -0.166. The summed E-state index contributed by atoms with van der Waals surface area (Å²) in [6.45, 7) is 13.7. The number of carbonyl (C=O) groups is 2. The van der Waals surface area contributed by atoms with Gasteiger partial charge in [-0.25, -0.2) is 14.2 Å². The first-order valence-corrected chi connectivity index (χ1v) is 21.9. The molecule has 2 amide bonds. The van der Waals surface area contributed by atoms with Gasteiger partial charge in [-0.2, -0.15) is 0 Å². The monoisotopic (exact) mass is 815 g/mol. The lowest BCUT2D eigenvalue weighted by Crippen LogP contribution is -2.44. The van der Waals surface area contributed by atoms with Crippen molar-refractivity contribution in [2.24, 2.45) is 18.9 Å². The summed E-state index contributed by atoms with van der Waals surface area (Å²) in [6, 6.07) is 15.7. The smallest absolute Gasteiger partial charge is 0.329 e. The highest BCUT2D eigenvalue weighted by Crippen LogP contribution is 2.42. The summed E-state index contributed by atoms with van der Waals surface area (Å²) in [5.74, 6) is 1.29. The number of carbonyl (C=O) groups excluding carboxylic acids is 2. The zero-order chi connectivity index (χ0) is 41.9. The number of fused-ring (bicyclic) bond motifs is 2. The summed E-state index contributed by atoms with van der Waals surface area (Å²) in [5.41, 5.74) is 5.98. The van der Waals surface area contributed by atoms with Crippen LogP contribution in [0.4, 0.5) is 10.2 Å². The second-order valence-corrected chi connectivity index (χ2v) is 19.1. The normalized spacial score (nSPS) is 22.5. The first-order valence-electron chi connectivity index (χ1n) is 21.9. The van der Waals surface area contributed by atoms with Gasteiger partial charge in [0, 0.05) is 62.0 Å². The highest BCUT2D eigenvalue weighted by Gasteiger charge is 2.39. The van der Waals surface area contributed by atoms with Crippen LogP contribution in [0.5, 0.6) is 0 Å². The first kappa shape index (κ1) is 40.3. The van der Waals surface area contributed by atoms with E-state index < -0.39 is 11.9 Å². The maximum Gasteiger partial charge on any atom is 0.329 e. The van der Waals surface area contributed by atoms with Gasteiger partial charge in [0.25, 0.3) is 0 Å². The van der Waals surface area contributed by atoms with Crippen LogP contribution in [0.2, 0.25) is 0 Å². The van der Waals surface area contributed by atoms with E-state index in [1.807, 2.05) is 30.5 Å². The van der Waals surface area contributed by atoms with Crippen molar-refractivity contribution in [1.29, 1.82) is 0 Å². The SMILES string of the molecule is Cn1c(=O)n(C2CCC(=O)NC2=O)c2cccc(C3CCN(CC4CCN(c5ccc(C(=CC6CC(C)(C)OC(C)(C)C6)c6ccc7[nH]cc(F)c7c6)cn5)CC4)CC3)c21. The molecule has 4 aliphatic rings. The van der Waals surface area contributed by atoms with Crippen molar-refractivity contribution in [2.75, 3.05) is 37.6 Å². The molecule has 0 saturated carbocycles. The van der Waals surface area contributed by atoms with Crippen LogP contribution in [0, 0.1) is 17.7 Å². The topological polar surface area (TPSA) is 117 Å². The fraction of sp³-hybridized carbons (Fsp3) is 0.500. The Morgan fingerprint density at radius 1 is 0.917 bits per heavy atom. The number of pyridine rings is 1. The first-order chi connectivity index (χ1) is 28.7. The zero-order valence-corrected chi connectivity index (χ0v) is 35.6. The summed E-state index contributed by atoms with van der Waals surface area (Å²) in [6.07, 6.45) is 12.4. The molecule has 1 atom stereocenters. The molecule has 12 heteroatoms. The number of amides is 2. The molecule has 0 spiro atoms. The molecular formula is C48H58FN7O4. The second-order valence-electron chi connectivity index (χ2n) is 19.1. The molecule has 3 aromatic heterocycles. The number of anilines is 1. The minimum absolute atomic E-state index is 0.217. The lowest BCUT2D eigenvalue weighted by atomic mass is 9.79. The van der Waals surface area contributed by atoms with Crippen molar-refractivity contribution in [2.45, 2.75) is 102 Å². The van der Waals surface area contributed by atoms with Crippen LogP contribution >= 0.6 is 0 Å². The minimum Gasteiger partial charge on any atom is -0.370 e. The van der Waals surface area contributed by atoms with Gasteiger partial charge in [0.05, 0.1) is 22.2 Å². The van der Waals surface area contributed by atoms with Gasteiger partial charge in [0.2, 0.25) is 11.8 Å². The van der Waals surface area contributed by atoms with Crippen LogP contribution < -0.4 is 15.9 Å². The standard InChI is InChI=1S/C48H58FN7O4/c1-47(2)25-31(26-48(3,4)60-47)23-36(33-9-11-39-37(24-33)38(49)28-50-39)34-10-13-42(51-27-34)55-21-15-30(16-22-55)29-54-19-17-32(18-20-54)35-7-6-8-40-44(35)53(5)46(59)56(40)41-12-14-43(57)52-45(41)58/h6-11,13,23-24,27-28,30-32,41,50H,12,14-22,25-26,29H2,1-5H3,(H,52,57,58). The molecule has 0 bridgehead atoms. The van der Waals surface area contributed by atoms with Gasteiger partial charge in [-0.05, 0) is 151 Å². The zero-order valence-electron chi connectivity index (χ0n) is 35.6. The number of imidazole rings is 1. The number of likely N-dealkylation sites (tertiary alicyclic amines) is 1. The molecule has 0 aliphatic carbocycles. The molecule has 0 radical (unpaired) electrons. The van der Waals surface area contributed by atoms with E-state index in [4.69, 9.17) is 9.72 Å². The van der Waals surface area contributed by atoms with Gasteiger partial charge in [-0.3, -0.25) is 24.0 Å². The van der Waals surface area contributed by atoms with Crippen LogP contribution in [0.25, 0.3) is 27.5 Å². The van der Waals surface area contributed by atoms with E-state index in [2.05, 4.69) is 78.1 Å². The average molecular weight is 816 g/mol. The third-order valence-electron chi connectivity index (χ3n) is 13.6. The van der Waals surface area contributed by atoms with E-state index in [0.717, 1.165) is 110 Å². The summed E-state index contributed by atoms with van der Waals surface area (Å²) in [4.78, 5) is 51.2. The fourth-order valence-electron chi connectivity index (χ4n) is 11.0. The summed E-state index contributed by atoms with van der Waals surface area (Å²) < 4.78 is 24.5. The molecule has 11 nitrogen and oxygen atoms in total. The minimum atomic E-state index is -0.680. The molecule has 1 unspecified atom stereocenters. The van der Waals surface area contributed by atoms with E-state index in [1.165, 1.54) is 11.8 Å². The number of hydrogen-bond acceptors (Lipinski definition) is 7. The lowest BCUT2D eigenvalue weighted by Gasteiger charge is -2.45. The molecule has 2 N–H and O–H groups in total. The van der Waals surface area contributed by atoms with Crippen molar-refractivity contribution < 1.29 is 18.7 Å². The number of benzene rings is 2. The van der Waals surface area contributed by atoms with Crippen LogP contribution in [-0.2, 0) is 21.4 Å². The number of H-pyrrole nitrogens is 1. The number of allylic oxidation sites excluding steroid dienone is 1. The summed E-state index contributed by atoms with van der Waals surface area (Å²) in [7, 11) is 1.79.